The van der Waals surface area contributed by atoms with Gasteiger partial charge in [-0.15, -0.1) is 0 Å². The third-order valence-corrected chi connectivity index (χ3v) is 4.20. The molecule has 1 amide bonds. The second kappa shape index (κ2) is 7.21. The van der Waals surface area contributed by atoms with E-state index in [0.29, 0.717) is 29.4 Å². The Morgan fingerprint density at radius 1 is 1.38 bits per heavy atom. The molecule has 2 N–H and O–H groups in total. The van der Waals surface area contributed by atoms with Crippen molar-refractivity contribution in [2.45, 2.75) is 26.2 Å². The predicted octanol–water partition coefficient (Wildman–Crippen LogP) is 3.57. The number of hydrogen-bond donors (Lipinski definition) is 2. The molecular weight excluding hydrogens is 359 g/mol. The smallest absolute Gasteiger partial charge is 0.256 e. The van der Waals surface area contributed by atoms with Gasteiger partial charge in [0.25, 0.3) is 5.91 Å². The van der Waals surface area contributed by atoms with E-state index in [0.717, 1.165) is 12.5 Å². The molecule has 0 saturated carbocycles. The van der Waals surface area contributed by atoms with Gasteiger partial charge >= 0.3 is 0 Å². The first-order valence-electron chi connectivity index (χ1n) is 7.87. The molecule has 1 unspecified atom stereocenters. The Kier molecular flexibility index (Phi) is 4.99. The minimum atomic E-state index is -1.62. The first-order chi connectivity index (χ1) is 12.3. The van der Waals surface area contributed by atoms with Crippen molar-refractivity contribution >= 4 is 29.3 Å². The Bertz CT molecular complexity index is 883. The van der Waals surface area contributed by atoms with Gasteiger partial charge in [-0.05, 0) is 30.7 Å². The third kappa shape index (κ3) is 3.72. The highest BCUT2D eigenvalue weighted by Crippen LogP contribution is 2.24. The van der Waals surface area contributed by atoms with Crippen LogP contribution in [0.15, 0.2) is 36.5 Å². The molecule has 1 aromatic heterocycles. The van der Waals surface area contributed by atoms with E-state index in [1.807, 2.05) is 12.1 Å². The minimum Gasteiger partial charge on any atom is -0.422 e. The Balaban J connectivity index is 1.75. The minimum absolute atomic E-state index is 0.203. The standard InChI is InChI=1S/C18H16ClFN4O2/c1-10(20)16(21)26-17(22)12-6-14-15(23-7-12)9-24(18(14)25)8-11-2-4-13(19)5-3-11/h2-7,10,21-22H,8-9H2,1H3. The highest BCUT2D eigenvalue weighted by Gasteiger charge is 2.29. The number of amides is 1. The summed E-state index contributed by atoms with van der Waals surface area (Å²) in [6, 6.07) is 8.72. The van der Waals surface area contributed by atoms with E-state index in [9.17, 15) is 9.18 Å². The predicted molar refractivity (Wildman–Crippen MR) is 95.5 cm³/mol. The average molecular weight is 375 g/mol. The third-order valence-electron chi connectivity index (χ3n) is 3.95. The molecule has 0 radical (unpaired) electrons. The number of rotatable bonds is 4. The lowest BCUT2D eigenvalue weighted by Gasteiger charge is -2.15. The van der Waals surface area contributed by atoms with Crippen molar-refractivity contribution in [3.05, 3.63) is 63.9 Å². The van der Waals surface area contributed by atoms with Crippen LogP contribution in [-0.2, 0) is 17.8 Å². The fraction of sp³-hybridized carbons (Fsp3) is 0.222. The van der Waals surface area contributed by atoms with E-state index < -0.39 is 18.0 Å². The van der Waals surface area contributed by atoms with Gasteiger partial charge in [-0.3, -0.25) is 20.6 Å². The number of ether oxygens (including phenoxy) is 1. The van der Waals surface area contributed by atoms with Crippen LogP contribution in [0.2, 0.25) is 5.02 Å². The number of halogens is 2. The van der Waals surface area contributed by atoms with Crippen LogP contribution < -0.4 is 0 Å². The number of benzene rings is 1. The quantitative estimate of drug-likeness (QED) is 0.633. The van der Waals surface area contributed by atoms with Gasteiger partial charge in [0.2, 0.25) is 11.8 Å². The monoisotopic (exact) mass is 374 g/mol. The molecule has 134 valence electrons. The van der Waals surface area contributed by atoms with Gasteiger partial charge < -0.3 is 9.64 Å². The van der Waals surface area contributed by atoms with Crippen molar-refractivity contribution in [1.29, 1.82) is 10.8 Å². The number of carbonyl (C=O) groups excluding carboxylic acids is 1. The normalized spacial score (nSPS) is 14.1. The average Bonchev–Trinajstić information content (AvgIpc) is 2.92. The highest BCUT2D eigenvalue weighted by molar-refractivity contribution is 6.30. The molecule has 0 spiro atoms. The molecule has 1 aromatic carbocycles. The maximum atomic E-state index is 13.0. The Morgan fingerprint density at radius 2 is 2.08 bits per heavy atom. The molecule has 1 aliphatic heterocycles. The van der Waals surface area contributed by atoms with Crippen molar-refractivity contribution in [2.75, 3.05) is 0 Å². The molecular formula is C18H16ClFN4O2. The van der Waals surface area contributed by atoms with Crippen LogP contribution in [0.3, 0.4) is 0 Å². The number of aromatic nitrogens is 1. The zero-order chi connectivity index (χ0) is 18.8. The van der Waals surface area contributed by atoms with Gasteiger partial charge in [0.1, 0.15) is 0 Å². The number of fused-ring (bicyclic) bond motifs is 1. The fourth-order valence-corrected chi connectivity index (χ4v) is 2.67. The van der Waals surface area contributed by atoms with Crippen LogP contribution in [-0.4, -0.2) is 33.8 Å². The Labute approximate surface area is 154 Å². The van der Waals surface area contributed by atoms with E-state index in [1.165, 1.54) is 12.3 Å². The maximum Gasteiger partial charge on any atom is 0.256 e. The number of hydrogen-bond acceptors (Lipinski definition) is 5. The summed E-state index contributed by atoms with van der Waals surface area (Å²) >= 11 is 5.87. The molecule has 26 heavy (non-hydrogen) atoms. The number of alkyl halides is 1. The van der Waals surface area contributed by atoms with Crippen LogP contribution in [0.1, 0.15) is 34.1 Å². The van der Waals surface area contributed by atoms with Gasteiger partial charge in [0.15, 0.2) is 6.17 Å². The lowest BCUT2D eigenvalue weighted by atomic mass is 10.1. The van der Waals surface area contributed by atoms with Crippen LogP contribution in [0, 0.1) is 10.8 Å². The van der Waals surface area contributed by atoms with Gasteiger partial charge in [0.05, 0.1) is 23.4 Å². The molecule has 2 aromatic rings. The van der Waals surface area contributed by atoms with E-state index in [2.05, 4.69) is 4.98 Å². The summed E-state index contributed by atoms with van der Waals surface area (Å²) in [6.45, 7) is 1.93. The zero-order valence-corrected chi connectivity index (χ0v) is 14.7. The molecule has 0 bridgehead atoms. The van der Waals surface area contributed by atoms with Crippen molar-refractivity contribution < 1.29 is 13.9 Å². The number of carbonyl (C=O) groups is 1. The molecule has 6 nitrogen and oxygen atoms in total. The van der Waals surface area contributed by atoms with Crippen molar-refractivity contribution in [3.63, 3.8) is 0 Å². The van der Waals surface area contributed by atoms with Gasteiger partial charge in [-0.2, -0.15) is 0 Å². The summed E-state index contributed by atoms with van der Waals surface area (Å²) in [5, 5.41) is 15.8. The summed E-state index contributed by atoms with van der Waals surface area (Å²) < 4.78 is 17.8. The van der Waals surface area contributed by atoms with Crippen molar-refractivity contribution in [1.82, 2.24) is 9.88 Å². The lowest BCUT2D eigenvalue weighted by molar-refractivity contribution is 0.0766. The van der Waals surface area contributed by atoms with Crippen molar-refractivity contribution in [3.8, 4) is 0 Å². The molecule has 3 rings (SSSR count). The Morgan fingerprint density at radius 3 is 2.73 bits per heavy atom. The maximum absolute atomic E-state index is 13.0. The number of pyridine rings is 1. The SMILES string of the molecule is CC(F)C(=N)OC(=N)c1cnc2c(c1)C(=O)N(Cc1ccc(Cl)cc1)C2. The second-order valence-corrected chi connectivity index (χ2v) is 6.35. The molecule has 0 saturated heterocycles. The Hall–Kier alpha value is -2.80. The van der Waals surface area contributed by atoms with Crippen LogP contribution >= 0.6 is 11.6 Å². The van der Waals surface area contributed by atoms with E-state index in [1.54, 1.807) is 17.0 Å². The molecule has 1 atom stereocenters. The molecule has 2 heterocycles. The molecule has 1 aliphatic rings. The molecule has 0 aliphatic carbocycles. The number of nitrogens with one attached hydrogen (secondary N) is 2. The van der Waals surface area contributed by atoms with Gasteiger partial charge in [0, 0.05) is 17.8 Å². The summed E-state index contributed by atoms with van der Waals surface area (Å²) in [6.07, 6.45) is -0.231. The molecule has 0 fully saturated rings. The van der Waals surface area contributed by atoms with E-state index in [4.69, 9.17) is 27.2 Å². The fourth-order valence-electron chi connectivity index (χ4n) is 2.54. The van der Waals surface area contributed by atoms with Gasteiger partial charge in [-0.25, -0.2) is 4.39 Å². The van der Waals surface area contributed by atoms with Crippen molar-refractivity contribution in [2.24, 2.45) is 0 Å². The zero-order valence-electron chi connectivity index (χ0n) is 13.9. The van der Waals surface area contributed by atoms with Crippen LogP contribution in [0.4, 0.5) is 4.39 Å². The number of nitrogens with zero attached hydrogens (tertiary/aromatic N) is 2. The highest BCUT2D eigenvalue weighted by atomic mass is 35.5. The first kappa shape index (κ1) is 18.0. The topological polar surface area (TPSA) is 90.1 Å². The summed E-state index contributed by atoms with van der Waals surface area (Å²) in [5.41, 5.74) is 2.15. The van der Waals surface area contributed by atoms with E-state index in [-0.39, 0.29) is 11.5 Å². The summed E-state index contributed by atoms with van der Waals surface area (Å²) in [7, 11) is 0. The molecule has 8 heteroatoms. The summed E-state index contributed by atoms with van der Waals surface area (Å²) in [4.78, 5) is 18.5. The largest absolute Gasteiger partial charge is 0.422 e. The van der Waals surface area contributed by atoms with E-state index >= 15 is 0 Å². The second-order valence-electron chi connectivity index (χ2n) is 5.92. The first-order valence-corrected chi connectivity index (χ1v) is 8.25. The van der Waals surface area contributed by atoms with Gasteiger partial charge in [-0.1, -0.05) is 23.7 Å². The van der Waals surface area contributed by atoms with Crippen LogP contribution in [0.5, 0.6) is 0 Å². The van der Waals surface area contributed by atoms with Crippen LogP contribution in [0.25, 0.3) is 0 Å². The summed E-state index contributed by atoms with van der Waals surface area (Å²) in [5.74, 6) is -1.28. The lowest BCUT2D eigenvalue weighted by Crippen LogP contribution is -2.23.